The Balaban J connectivity index is 0.00000242. The highest BCUT2D eigenvalue weighted by atomic mass is 35.5. The number of hydrogen-bond donors (Lipinski definition) is 1. The molecule has 7 heteroatoms. The first-order chi connectivity index (χ1) is 9.81. The van der Waals surface area contributed by atoms with E-state index in [0.717, 1.165) is 18.6 Å². The summed E-state index contributed by atoms with van der Waals surface area (Å²) >= 11 is 0. The molecule has 1 aliphatic rings. The van der Waals surface area contributed by atoms with Gasteiger partial charge in [-0.3, -0.25) is 4.79 Å². The van der Waals surface area contributed by atoms with Crippen molar-refractivity contribution in [3.8, 4) is 0 Å². The van der Waals surface area contributed by atoms with Crippen molar-refractivity contribution in [1.82, 2.24) is 4.90 Å². The molecule has 124 valence electrons. The molecule has 1 fully saturated rings. The van der Waals surface area contributed by atoms with Gasteiger partial charge in [-0.1, -0.05) is 18.2 Å². The minimum Gasteiger partial charge on any atom is -0.339 e. The number of rotatable bonds is 3. The standard InChI is InChI=1S/C15H19F3N2O.ClH/c1-10-5-12(8-19)9-20(10)14(21)7-11-3-2-4-13(6-11)15(16,17)18;/h2-4,6,10,12H,5,7-9,19H2,1H3;1H. The average molecular weight is 337 g/mol. The second-order valence-electron chi connectivity index (χ2n) is 5.61. The van der Waals surface area contributed by atoms with Gasteiger partial charge in [-0.05, 0) is 37.4 Å². The van der Waals surface area contributed by atoms with Crippen molar-refractivity contribution in [2.75, 3.05) is 13.1 Å². The van der Waals surface area contributed by atoms with E-state index in [1.165, 1.54) is 6.07 Å². The molecule has 1 amide bonds. The van der Waals surface area contributed by atoms with Crippen LogP contribution in [-0.4, -0.2) is 29.9 Å². The van der Waals surface area contributed by atoms with Crippen LogP contribution in [0.5, 0.6) is 0 Å². The van der Waals surface area contributed by atoms with Crippen LogP contribution in [0.15, 0.2) is 24.3 Å². The zero-order chi connectivity index (χ0) is 15.6. The summed E-state index contributed by atoms with van der Waals surface area (Å²) in [5.74, 6) is 0.142. The summed E-state index contributed by atoms with van der Waals surface area (Å²) in [6.45, 7) is 3.06. The van der Waals surface area contributed by atoms with Gasteiger partial charge < -0.3 is 10.6 Å². The van der Waals surface area contributed by atoms with Crippen molar-refractivity contribution in [1.29, 1.82) is 0 Å². The second kappa shape index (κ2) is 7.33. The Kier molecular flexibility index (Phi) is 6.26. The molecule has 1 saturated heterocycles. The Morgan fingerprint density at radius 2 is 2.09 bits per heavy atom. The molecule has 22 heavy (non-hydrogen) atoms. The fourth-order valence-electron chi connectivity index (χ4n) is 2.79. The van der Waals surface area contributed by atoms with Crippen LogP contribution in [0.1, 0.15) is 24.5 Å². The lowest BCUT2D eigenvalue weighted by molar-refractivity contribution is -0.138. The molecule has 2 rings (SSSR count). The third kappa shape index (κ3) is 4.36. The number of nitrogens with two attached hydrogens (primary N) is 1. The lowest BCUT2D eigenvalue weighted by Gasteiger charge is -2.21. The van der Waals surface area contributed by atoms with Gasteiger partial charge in [-0.2, -0.15) is 13.2 Å². The maximum atomic E-state index is 12.7. The van der Waals surface area contributed by atoms with Crippen LogP contribution < -0.4 is 5.73 Å². The normalized spacial score (nSPS) is 21.6. The van der Waals surface area contributed by atoms with E-state index in [9.17, 15) is 18.0 Å². The highest BCUT2D eigenvalue weighted by molar-refractivity contribution is 5.85. The highest BCUT2D eigenvalue weighted by Crippen LogP contribution is 2.30. The smallest absolute Gasteiger partial charge is 0.339 e. The van der Waals surface area contributed by atoms with E-state index in [4.69, 9.17) is 5.73 Å². The molecule has 0 aromatic heterocycles. The zero-order valence-electron chi connectivity index (χ0n) is 12.3. The number of halogens is 4. The van der Waals surface area contributed by atoms with E-state index in [2.05, 4.69) is 0 Å². The Morgan fingerprint density at radius 3 is 2.64 bits per heavy atom. The first kappa shape index (κ1) is 18.8. The van der Waals surface area contributed by atoms with Crippen LogP contribution in [0, 0.1) is 5.92 Å². The molecule has 0 spiro atoms. The van der Waals surface area contributed by atoms with Gasteiger partial charge in [0.05, 0.1) is 12.0 Å². The fraction of sp³-hybridized carbons (Fsp3) is 0.533. The van der Waals surface area contributed by atoms with Gasteiger partial charge in [-0.15, -0.1) is 12.4 Å². The summed E-state index contributed by atoms with van der Waals surface area (Å²) in [6, 6.07) is 5.03. The lowest BCUT2D eigenvalue weighted by atomic mass is 10.1. The summed E-state index contributed by atoms with van der Waals surface area (Å²) in [6.07, 6.45) is -3.54. The predicted molar refractivity (Wildman–Crippen MR) is 80.7 cm³/mol. The molecule has 0 bridgehead atoms. The van der Waals surface area contributed by atoms with Crippen LogP contribution in [0.2, 0.25) is 0 Å². The number of carbonyl (C=O) groups excluding carboxylic acids is 1. The van der Waals surface area contributed by atoms with E-state index in [1.54, 1.807) is 11.0 Å². The number of alkyl halides is 3. The molecule has 2 N–H and O–H groups in total. The minimum absolute atomic E-state index is 0. The molecule has 1 aromatic rings. The minimum atomic E-state index is -4.38. The summed E-state index contributed by atoms with van der Waals surface area (Å²) in [5.41, 5.74) is 5.28. The van der Waals surface area contributed by atoms with E-state index >= 15 is 0 Å². The van der Waals surface area contributed by atoms with Crippen molar-refractivity contribution in [3.05, 3.63) is 35.4 Å². The van der Waals surface area contributed by atoms with Gasteiger partial charge in [0, 0.05) is 12.6 Å². The Bertz CT molecular complexity index is 522. The zero-order valence-corrected chi connectivity index (χ0v) is 13.1. The number of amides is 1. The second-order valence-corrected chi connectivity index (χ2v) is 5.61. The summed E-state index contributed by atoms with van der Waals surface area (Å²) in [4.78, 5) is 14.0. The van der Waals surface area contributed by atoms with Gasteiger partial charge >= 0.3 is 6.18 Å². The number of benzene rings is 1. The largest absolute Gasteiger partial charge is 0.416 e. The average Bonchev–Trinajstić information content (AvgIpc) is 2.79. The monoisotopic (exact) mass is 336 g/mol. The molecular formula is C15H20ClF3N2O. The molecule has 0 radical (unpaired) electrons. The summed E-state index contributed by atoms with van der Waals surface area (Å²) in [7, 11) is 0. The molecule has 0 saturated carbocycles. The number of likely N-dealkylation sites (tertiary alicyclic amines) is 1. The SMILES string of the molecule is CC1CC(CN)CN1C(=O)Cc1cccc(C(F)(F)F)c1.Cl. The van der Waals surface area contributed by atoms with Crippen molar-refractivity contribution in [2.24, 2.45) is 11.7 Å². The molecule has 1 aromatic carbocycles. The van der Waals surface area contributed by atoms with Crippen molar-refractivity contribution < 1.29 is 18.0 Å². The van der Waals surface area contributed by atoms with Crippen LogP contribution in [0.4, 0.5) is 13.2 Å². The van der Waals surface area contributed by atoms with E-state index < -0.39 is 11.7 Å². The van der Waals surface area contributed by atoms with Crippen molar-refractivity contribution in [2.45, 2.75) is 32.0 Å². The molecule has 0 aliphatic carbocycles. The van der Waals surface area contributed by atoms with E-state index in [-0.39, 0.29) is 36.7 Å². The Morgan fingerprint density at radius 1 is 1.41 bits per heavy atom. The molecule has 3 nitrogen and oxygen atoms in total. The first-order valence-corrected chi connectivity index (χ1v) is 6.97. The predicted octanol–water partition coefficient (Wildman–Crippen LogP) is 2.87. The lowest BCUT2D eigenvalue weighted by Crippen LogP contribution is -2.35. The van der Waals surface area contributed by atoms with Crippen molar-refractivity contribution >= 4 is 18.3 Å². The van der Waals surface area contributed by atoms with Crippen LogP contribution in [-0.2, 0) is 17.4 Å². The maximum absolute atomic E-state index is 12.7. The van der Waals surface area contributed by atoms with Gasteiger partial charge in [0.1, 0.15) is 0 Å². The van der Waals surface area contributed by atoms with E-state index in [0.29, 0.717) is 18.7 Å². The molecule has 2 atom stereocenters. The molecule has 2 unspecified atom stereocenters. The molecular weight excluding hydrogens is 317 g/mol. The van der Waals surface area contributed by atoms with Crippen LogP contribution in [0.3, 0.4) is 0 Å². The molecule has 1 aliphatic heterocycles. The topological polar surface area (TPSA) is 46.3 Å². The molecule has 1 heterocycles. The van der Waals surface area contributed by atoms with Gasteiger partial charge in [0.15, 0.2) is 0 Å². The summed E-state index contributed by atoms with van der Waals surface area (Å²) < 4.78 is 38.0. The third-order valence-electron chi connectivity index (χ3n) is 3.92. The van der Waals surface area contributed by atoms with Gasteiger partial charge in [0.25, 0.3) is 0 Å². The quantitative estimate of drug-likeness (QED) is 0.922. The van der Waals surface area contributed by atoms with E-state index in [1.807, 2.05) is 6.92 Å². The first-order valence-electron chi connectivity index (χ1n) is 6.97. The van der Waals surface area contributed by atoms with Gasteiger partial charge in [-0.25, -0.2) is 0 Å². The maximum Gasteiger partial charge on any atom is 0.416 e. The van der Waals surface area contributed by atoms with Crippen LogP contribution >= 0.6 is 12.4 Å². The fourth-order valence-corrected chi connectivity index (χ4v) is 2.79. The van der Waals surface area contributed by atoms with Gasteiger partial charge in [0.2, 0.25) is 5.91 Å². The number of carbonyl (C=O) groups is 1. The van der Waals surface area contributed by atoms with Crippen LogP contribution in [0.25, 0.3) is 0 Å². The third-order valence-corrected chi connectivity index (χ3v) is 3.92. The number of nitrogens with zero attached hydrogens (tertiary/aromatic N) is 1. The summed E-state index contributed by atoms with van der Waals surface area (Å²) in [5, 5.41) is 0. The van der Waals surface area contributed by atoms with Crippen molar-refractivity contribution in [3.63, 3.8) is 0 Å². The Hall–Kier alpha value is -1.27. The highest BCUT2D eigenvalue weighted by Gasteiger charge is 2.33. The number of hydrogen-bond acceptors (Lipinski definition) is 2. The Labute approximate surface area is 134 Å².